The Bertz CT molecular complexity index is 1460. The third-order valence-corrected chi connectivity index (χ3v) is 7.66. The lowest BCUT2D eigenvalue weighted by Crippen LogP contribution is -2.34. The molecular formula is C33H42N8O2. The quantitative estimate of drug-likeness (QED) is 0.182. The summed E-state index contributed by atoms with van der Waals surface area (Å²) in [7, 11) is 2.07. The van der Waals surface area contributed by atoms with Crippen LogP contribution in [0.3, 0.4) is 0 Å². The van der Waals surface area contributed by atoms with Crippen LogP contribution in [0.25, 0.3) is 11.1 Å². The van der Waals surface area contributed by atoms with Crippen LogP contribution in [0.1, 0.15) is 69.4 Å². The van der Waals surface area contributed by atoms with E-state index in [0.29, 0.717) is 34.2 Å². The minimum absolute atomic E-state index is 0.0709. The zero-order valence-corrected chi connectivity index (χ0v) is 25.9. The number of benzene rings is 1. The highest BCUT2D eigenvalue weighted by molar-refractivity contribution is 6.10. The Morgan fingerprint density at radius 2 is 1.93 bits per heavy atom. The first-order valence-electron chi connectivity index (χ1n) is 15.1. The number of pyridine rings is 1. The maximum Gasteiger partial charge on any atom is 0.357 e. The van der Waals surface area contributed by atoms with Gasteiger partial charge in [0.05, 0.1) is 12.7 Å². The normalized spacial score (nSPS) is 13.5. The molecule has 1 aromatic carbocycles. The van der Waals surface area contributed by atoms with Gasteiger partial charge in [0.25, 0.3) is 0 Å². The fraction of sp³-hybridized carbons (Fsp3) is 0.455. The molecule has 2 aromatic heterocycles. The summed E-state index contributed by atoms with van der Waals surface area (Å²) in [4.78, 5) is 31.3. The molecule has 10 nitrogen and oxygen atoms in total. The number of nitriles is 1. The first kappa shape index (κ1) is 31.4. The molecule has 226 valence electrons. The van der Waals surface area contributed by atoms with Crippen molar-refractivity contribution in [2.75, 3.05) is 48.4 Å². The van der Waals surface area contributed by atoms with E-state index in [0.717, 1.165) is 56.7 Å². The Kier molecular flexibility index (Phi) is 10.7. The number of nitrogens with one attached hydrogen (secondary N) is 2. The van der Waals surface area contributed by atoms with Crippen molar-refractivity contribution in [3.8, 4) is 17.2 Å². The Morgan fingerprint density at radius 1 is 1.21 bits per heavy atom. The lowest BCUT2D eigenvalue weighted by atomic mass is 9.92. The Morgan fingerprint density at radius 3 is 2.56 bits per heavy atom. The molecule has 43 heavy (non-hydrogen) atoms. The maximum absolute atomic E-state index is 13.0. The molecule has 1 saturated heterocycles. The molecular weight excluding hydrogens is 540 g/mol. The molecule has 0 spiro atoms. The van der Waals surface area contributed by atoms with E-state index < -0.39 is 5.97 Å². The van der Waals surface area contributed by atoms with E-state index in [1.807, 2.05) is 32.0 Å². The lowest BCUT2D eigenvalue weighted by Gasteiger charge is -2.29. The van der Waals surface area contributed by atoms with E-state index >= 15 is 0 Å². The monoisotopic (exact) mass is 582 g/mol. The van der Waals surface area contributed by atoms with Crippen LogP contribution in [0.15, 0.2) is 42.7 Å². The van der Waals surface area contributed by atoms with Crippen LogP contribution in [0.5, 0.6) is 0 Å². The number of ether oxygens (including phenoxy) is 1. The van der Waals surface area contributed by atoms with Crippen LogP contribution in [-0.4, -0.2) is 59.9 Å². The van der Waals surface area contributed by atoms with Crippen molar-refractivity contribution < 1.29 is 9.53 Å². The number of aromatic nitrogens is 3. The summed E-state index contributed by atoms with van der Waals surface area (Å²) < 4.78 is 5.33. The minimum Gasteiger partial charge on any atom is -0.461 e. The summed E-state index contributed by atoms with van der Waals surface area (Å²) in [5, 5.41) is 21.7. The average Bonchev–Trinajstić information content (AvgIpc) is 3.03. The van der Waals surface area contributed by atoms with Crippen molar-refractivity contribution in [3.63, 3.8) is 0 Å². The Balaban J connectivity index is 1.78. The topological polar surface area (TPSA) is 131 Å². The first-order valence-corrected chi connectivity index (χ1v) is 15.1. The number of hydrogen-bond acceptors (Lipinski definition) is 10. The molecule has 1 fully saturated rings. The van der Waals surface area contributed by atoms with Gasteiger partial charge in [-0.3, -0.25) is 0 Å². The number of carbonyl (C=O) groups is 1. The van der Waals surface area contributed by atoms with Crippen molar-refractivity contribution in [3.05, 3.63) is 54.0 Å². The molecule has 1 aliphatic heterocycles. The van der Waals surface area contributed by atoms with Gasteiger partial charge in [-0.1, -0.05) is 33.3 Å². The maximum atomic E-state index is 13.0. The van der Waals surface area contributed by atoms with E-state index in [4.69, 9.17) is 15.1 Å². The summed E-state index contributed by atoms with van der Waals surface area (Å²) >= 11 is 0. The molecule has 4 rings (SSSR count). The van der Waals surface area contributed by atoms with Gasteiger partial charge in [0, 0.05) is 73.2 Å². The van der Waals surface area contributed by atoms with Gasteiger partial charge in [0.2, 0.25) is 5.95 Å². The van der Waals surface area contributed by atoms with E-state index in [2.05, 4.69) is 51.2 Å². The summed E-state index contributed by atoms with van der Waals surface area (Å²) in [5.74, 6) is 0.419. The molecule has 3 heterocycles. The number of carbonyl (C=O) groups excluding carboxylic acids is 1. The van der Waals surface area contributed by atoms with Crippen molar-refractivity contribution in [1.29, 1.82) is 10.7 Å². The standard InChI is InChI=1S/C33H42N8O2/c1-6-8-14-40(5)26-11-9-10-25(17-26)38-31-29(30(35)22(3)4)27(18-28(39-31)32(42)43-7-2)24-20-36-33(37-21-24)41-15-12-23(19-34)13-16-41/h9-11,17-18,20-23,35H,6-8,12-16H2,1-5H3,(H,38,39). The van der Waals surface area contributed by atoms with Gasteiger partial charge >= 0.3 is 5.97 Å². The van der Waals surface area contributed by atoms with Gasteiger partial charge < -0.3 is 25.3 Å². The SMILES string of the molecule is CCCCN(C)c1cccc(Nc2nc(C(=O)OCC)cc(-c3cnc(N4CCC(C#N)CC4)nc3)c2C(=N)C(C)C)c1. The van der Waals surface area contributed by atoms with E-state index in [9.17, 15) is 10.1 Å². The van der Waals surface area contributed by atoms with Gasteiger partial charge in [0.1, 0.15) is 5.82 Å². The van der Waals surface area contributed by atoms with Crippen molar-refractivity contribution in [2.24, 2.45) is 11.8 Å². The van der Waals surface area contributed by atoms with Gasteiger partial charge in [-0.05, 0) is 61.9 Å². The van der Waals surface area contributed by atoms with Gasteiger partial charge in [-0.2, -0.15) is 5.26 Å². The molecule has 0 aliphatic carbocycles. The molecule has 10 heteroatoms. The predicted octanol–water partition coefficient (Wildman–Crippen LogP) is 6.46. The largest absolute Gasteiger partial charge is 0.461 e. The molecule has 1 aliphatic rings. The minimum atomic E-state index is -0.541. The lowest BCUT2D eigenvalue weighted by molar-refractivity contribution is 0.0519. The third kappa shape index (κ3) is 7.66. The Labute approximate surface area is 254 Å². The van der Waals surface area contributed by atoms with Gasteiger partial charge in [-0.25, -0.2) is 19.7 Å². The zero-order chi connectivity index (χ0) is 30.9. The van der Waals surface area contributed by atoms with Crippen LogP contribution in [0, 0.1) is 28.6 Å². The summed E-state index contributed by atoms with van der Waals surface area (Å²) in [6.07, 6.45) is 7.24. The van der Waals surface area contributed by atoms with Crippen LogP contribution >= 0.6 is 0 Å². The second-order valence-electron chi connectivity index (χ2n) is 11.2. The number of nitrogens with zero attached hydrogens (tertiary/aromatic N) is 6. The predicted molar refractivity (Wildman–Crippen MR) is 171 cm³/mol. The third-order valence-electron chi connectivity index (χ3n) is 7.66. The van der Waals surface area contributed by atoms with Crippen LogP contribution in [0.2, 0.25) is 0 Å². The zero-order valence-electron chi connectivity index (χ0n) is 25.9. The molecule has 0 atom stereocenters. The average molecular weight is 583 g/mol. The van der Waals surface area contributed by atoms with Crippen molar-refractivity contribution >= 4 is 34.8 Å². The Hall–Kier alpha value is -4.52. The molecule has 0 radical (unpaired) electrons. The number of hydrogen-bond donors (Lipinski definition) is 2. The van der Waals surface area contributed by atoms with Crippen LogP contribution < -0.4 is 15.1 Å². The van der Waals surface area contributed by atoms with Crippen molar-refractivity contribution in [1.82, 2.24) is 15.0 Å². The summed E-state index contributed by atoms with van der Waals surface area (Å²) in [5.41, 5.74) is 4.25. The number of piperidine rings is 1. The number of rotatable bonds is 12. The molecule has 0 amide bonds. The second-order valence-corrected chi connectivity index (χ2v) is 11.2. The van der Waals surface area contributed by atoms with Gasteiger partial charge in [-0.15, -0.1) is 0 Å². The van der Waals surface area contributed by atoms with Crippen molar-refractivity contribution in [2.45, 2.75) is 53.4 Å². The molecule has 2 N–H and O–H groups in total. The number of esters is 1. The van der Waals surface area contributed by atoms with E-state index in [1.165, 1.54) is 0 Å². The highest BCUT2D eigenvalue weighted by atomic mass is 16.5. The summed E-state index contributed by atoms with van der Waals surface area (Å²) in [6.45, 7) is 10.5. The van der Waals surface area contributed by atoms with Crippen LogP contribution in [0.4, 0.5) is 23.1 Å². The smallest absolute Gasteiger partial charge is 0.357 e. The van der Waals surface area contributed by atoms with Gasteiger partial charge in [0.15, 0.2) is 5.69 Å². The molecule has 0 bridgehead atoms. The summed E-state index contributed by atoms with van der Waals surface area (Å²) in [6, 6.07) is 12.1. The highest BCUT2D eigenvalue weighted by Gasteiger charge is 2.25. The number of unbranched alkanes of at least 4 members (excludes halogenated alkanes) is 1. The van der Waals surface area contributed by atoms with E-state index in [-0.39, 0.29) is 24.1 Å². The molecule has 3 aromatic rings. The first-order chi connectivity index (χ1) is 20.7. The highest BCUT2D eigenvalue weighted by Crippen LogP contribution is 2.34. The van der Waals surface area contributed by atoms with E-state index in [1.54, 1.807) is 25.4 Å². The molecule has 0 saturated carbocycles. The fourth-order valence-corrected chi connectivity index (χ4v) is 5.05. The second kappa shape index (κ2) is 14.6. The molecule has 0 unspecified atom stereocenters. The van der Waals surface area contributed by atoms with Crippen LogP contribution in [-0.2, 0) is 4.74 Å². The number of anilines is 4. The fourth-order valence-electron chi connectivity index (χ4n) is 5.05.